The van der Waals surface area contributed by atoms with Crippen molar-refractivity contribution in [2.45, 2.75) is 24.4 Å². The van der Waals surface area contributed by atoms with Gasteiger partial charge in [-0.1, -0.05) is 0 Å². The van der Waals surface area contributed by atoms with Crippen LogP contribution in [0, 0.1) is 0 Å². The molecule has 0 aromatic heterocycles. The van der Waals surface area contributed by atoms with Crippen LogP contribution in [0.15, 0.2) is 0 Å². The summed E-state index contributed by atoms with van der Waals surface area (Å²) < 4.78 is 32.1. The van der Waals surface area contributed by atoms with Crippen molar-refractivity contribution in [3.63, 3.8) is 0 Å². The lowest BCUT2D eigenvalue weighted by Gasteiger charge is -2.17. The second kappa shape index (κ2) is 10.5. The molecule has 0 bridgehead atoms. The highest BCUT2D eigenvalue weighted by Gasteiger charge is 2.27. The second-order valence-corrected chi connectivity index (χ2v) is 5.34. The predicted octanol–water partition coefficient (Wildman–Crippen LogP) is -1.43. The third kappa shape index (κ3) is 9.65. The molecule has 0 aromatic rings. The van der Waals surface area contributed by atoms with Crippen LogP contribution in [0.25, 0.3) is 0 Å². The van der Waals surface area contributed by atoms with Crippen LogP contribution in [-0.2, 0) is 28.4 Å². The maximum atomic E-state index is 7.62. The standard InChI is InChI=1S/C12H20O6.C2H6O2/c1(13-3-10-5-16-10)9(15-7-12-8-18-12)2-14-4-11-6-17-11;3-1-2-4/h9-12H,1-8H2;3-4H,1-2H2. The Labute approximate surface area is 130 Å². The maximum absolute atomic E-state index is 7.62. The van der Waals surface area contributed by atoms with E-state index < -0.39 is 0 Å². The summed E-state index contributed by atoms with van der Waals surface area (Å²) in [6.45, 7) is 5.18. The normalized spacial score (nSPS) is 29.5. The van der Waals surface area contributed by atoms with E-state index in [9.17, 15) is 0 Å². The largest absolute Gasteiger partial charge is 0.394 e. The van der Waals surface area contributed by atoms with E-state index in [4.69, 9.17) is 38.6 Å². The molecule has 0 aliphatic carbocycles. The molecule has 3 fully saturated rings. The molecule has 0 radical (unpaired) electrons. The van der Waals surface area contributed by atoms with Crippen LogP contribution in [0.5, 0.6) is 0 Å². The summed E-state index contributed by atoms with van der Waals surface area (Å²) in [6, 6.07) is 0. The molecule has 8 heteroatoms. The molecule has 0 spiro atoms. The van der Waals surface area contributed by atoms with Crippen LogP contribution in [0.1, 0.15) is 0 Å². The Balaban J connectivity index is 0.000000396. The lowest BCUT2D eigenvalue weighted by Crippen LogP contribution is -2.28. The highest BCUT2D eigenvalue weighted by atomic mass is 16.6. The van der Waals surface area contributed by atoms with Crippen molar-refractivity contribution >= 4 is 0 Å². The molecule has 22 heavy (non-hydrogen) atoms. The van der Waals surface area contributed by atoms with Gasteiger partial charge in [0.2, 0.25) is 0 Å². The molecule has 3 atom stereocenters. The van der Waals surface area contributed by atoms with Crippen LogP contribution in [0.4, 0.5) is 0 Å². The van der Waals surface area contributed by atoms with Gasteiger partial charge in [0, 0.05) is 0 Å². The quantitative estimate of drug-likeness (QED) is 0.421. The second-order valence-electron chi connectivity index (χ2n) is 5.34. The summed E-state index contributed by atoms with van der Waals surface area (Å²) in [5.74, 6) is 0. The van der Waals surface area contributed by atoms with Gasteiger partial charge in [0.15, 0.2) is 0 Å². The van der Waals surface area contributed by atoms with E-state index in [0.29, 0.717) is 33.0 Å². The average molecular weight is 322 g/mol. The predicted molar refractivity (Wildman–Crippen MR) is 74.8 cm³/mol. The molecule has 3 heterocycles. The van der Waals surface area contributed by atoms with Crippen molar-refractivity contribution in [2.24, 2.45) is 0 Å². The minimum absolute atomic E-state index is 0.0355. The fourth-order valence-electron chi connectivity index (χ4n) is 1.54. The fourth-order valence-corrected chi connectivity index (χ4v) is 1.54. The molecule has 3 rings (SSSR count). The molecule has 130 valence electrons. The molecule has 3 aliphatic heterocycles. The van der Waals surface area contributed by atoms with E-state index in [-0.39, 0.29) is 37.6 Å². The summed E-state index contributed by atoms with van der Waals surface area (Å²) in [4.78, 5) is 0. The maximum Gasteiger partial charge on any atom is 0.104 e. The SMILES string of the molecule is C(OCC1CO1)C(COCC1CO1)OCC1CO1.OCCO. The number of aliphatic hydroxyl groups excluding tert-OH is 2. The zero-order valence-electron chi connectivity index (χ0n) is 12.7. The van der Waals surface area contributed by atoms with Crippen LogP contribution in [0.2, 0.25) is 0 Å². The van der Waals surface area contributed by atoms with E-state index in [1.54, 1.807) is 0 Å². The van der Waals surface area contributed by atoms with Crippen LogP contribution in [-0.4, -0.2) is 101 Å². The Bertz CT molecular complexity index is 258. The van der Waals surface area contributed by atoms with E-state index in [1.807, 2.05) is 0 Å². The fraction of sp³-hybridized carbons (Fsp3) is 1.00. The highest BCUT2D eigenvalue weighted by Crippen LogP contribution is 2.13. The van der Waals surface area contributed by atoms with Crippen molar-refractivity contribution in [3.05, 3.63) is 0 Å². The molecule has 2 N–H and O–H groups in total. The molecule has 0 aromatic carbocycles. The summed E-state index contributed by atoms with van der Waals surface area (Å²) >= 11 is 0. The van der Waals surface area contributed by atoms with Crippen LogP contribution < -0.4 is 0 Å². The third-order valence-electron chi connectivity index (χ3n) is 3.04. The van der Waals surface area contributed by atoms with Crippen molar-refractivity contribution in [3.8, 4) is 0 Å². The van der Waals surface area contributed by atoms with Gasteiger partial charge >= 0.3 is 0 Å². The van der Waals surface area contributed by atoms with Crippen molar-refractivity contribution < 1.29 is 38.6 Å². The molecule has 3 aliphatic rings. The monoisotopic (exact) mass is 322 g/mol. The van der Waals surface area contributed by atoms with Gasteiger partial charge in [0.1, 0.15) is 24.4 Å². The van der Waals surface area contributed by atoms with Gasteiger partial charge in [-0.2, -0.15) is 0 Å². The van der Waals surface area contributed by atoms with Gasteiger partial charge in [0.25, 0.3) is 0 Å². The van der Waals surface area contributed by atoms with E-state index >= 15 is 0 Å². The number of hydrogen-bond donors (Lipinski definition) is 2. The van der Waals surface area contributed by atoms with Gasteiger partial charge in [-0.15, -0.1) is 0 Å². The summed E-state index contributed by atoms with van der Waals surface area (Å²) in [5.41, 5.74) is 0. The number of ether oxygens (including phenoxy) is 6. The zero-order valence-corrected chi connectivity index (χ0v) is 12.7. The average Bonchev–Trinajstić information content (AvgIpc) is 3.39. The van der Waals surface area contributed by atoms with Gasteiger partial charge < -0.3 is 38.6 Å². The lowest BCUT2D eigenvalue weighted by atomic mass is 10.4. The summed E-state index contributed by atoms with van der Waals surface area (Å²) in [5, 5.41) is 15.2. The smallest absolute Gasteiger partial charge is 0.104 e. The molecule has 0 saturated carbocycles. The molecule has 3 unspecified atom stereocenters. The number of rotatable bonds is 12. The third-order valence-corrected chi connectivity index (χ3v) is 3.04. The van der Waals surface area contributed by atoms with E-state index in [2.05, 4.69) is 0 Å². The highest BCUT2D eigenvalue weighted by molar-refractivity contribution is 4.72. The molecular formula is C14H26O8. The summed E-state index contributed by atoms with van der Waals surface area (Å²) in [7, 11) is 0. The molecular weight excluding hydrogens is 296 g/mol. The number of hydrogen-bond acceptors (Lipinski definition) is 8. The molecule has 3 saturated heterocycles. The van der Waals surface area contributed by atoms with Gasteiger partial charge in [-0.3, -0.25) is 0 Å². The van der Waals surface area contributed by atoms with Gasteiger partial charge in [-0.05, 0) is 0 Å². The topological polar surface area (TPSA) is 106 Å². The van der Waals surface area contributed by atoms with Crippen molar-refractivity contribution in [1.82, 2.24) is 0 Å². The Kier molecular flexibility index (Phi) is 8.56. The Hall–Kier alpha value is -0.320. The minimum Gasteiger partial charge on any atom is -0.394 e. The minimum atomic E-state index is -0.125. The Morgan fingerprint density at radius 2 is 1.18 bits per heavy atom. The summed E-state index contributed by atoms with van der Waals surface area (Å²) in [6.07, 6.45) is 0.814. The molecule has 0 amide bonds. The lowest BCUT2D eigenvalue weighted by molar-refractivity contribution is -0.0661. The number of aliphatic hydroxyl groups is 2. The zero-order chi connectivity index (χ0) is 15.6. The van der Waals surface area contributed by atoms with Crippen LogP contribution in [0.3, 0.4) is 0 Å². The van der Waals surface area contributed by atoms with Crippen molar-refractivity contribution in [1.29, 1.82) is 0 Å². The van der Waals surface area contributed by atoms with Crippen LogP contribution >= 0.6 is 0 Å². The molecule has 8 nitrogen and oxygen atoms in total. The Morgan fingerprint density at radius 3 is 1.55 bits per heavy atom. The van der Waals surface area contributed by atoms with Crippen molar-refractivity contribution in [2.75, 3.05) is 66.1 Å². The first-order chi connectivity index (χ1) is 10.8. The first-order valence-corrected chi connectivity index (χ1v) is 7.65. The first kappa shape index (κ1) is 18.0. The van der Waals surface area contributed by atoms with E-state index in [0.717, 1.165) is 19.8 Å². The first-order valence-electron chi connectivity index (χ1n) is 7.65. The van der Waals surface area contributed by atoms with Gasteiger partial charge in [-0.25, -0.2) is 0 Å². The Morgan fingerprint density at radius 1 is 0.773 bits per heavy atom. The van der Waals surface area contributed by atoms with Gasteiger partial charge in [0.05, 0.1) is 66.1 Å². The van der Waals surface area contributed by atoms with E-state index in [1.165, 1.54) is 0 Å². The number of epoxide rings is 3.